The highest BCUT2D eigenvalue weighted by molar-refractivity contribution is 6.08. The normalized spacial score (nSPS) is 10.7. The van der Waals surface area contributed by atoms with Crippen molar-refractivity contribution in [2.45, 2.75) is 19.3 Å². The molecule has 0 unspecified atom stereocenters. The number of carbonyl (C=O) groups excluding carboxylic acids is 2. The van der Waals surface area contributed by atoms with E-state index in [-0.39, 0.29) is 34.6 Å². The molecule has 11 nitrogen and oxygen atoms in total. The molecule has 14 heteroatoms. The van der Waals surface area contributed by atoms with Gasteiger partial charge in [0.25, 0.3) is 11.8 Å². The van der Waals surface area contributed by atoms with Gasteiger partial charge < -0.3 is 35.4 Å². The van der Waals surface area contributed by atoms with E-state index >= 15 is 0 Å². The van der Waals surface area contributed by atoms with Gasteiger partial charge in [0.05, 0.1) is 30.9 Å². The summed E-state index contributed by atoms with van der Waals surface area (Å²) in [5.41, 5.74) is 7.72. The first kappa shape index (κ1) is 32.1. The number of anilines is 1. The lowest BCUT2D eigenvalue weighted by Gasteiger charge is -2.16. The second kappa shape index (κ2) is 14.0. The minimum atomic E-state index is -5.08. The maximum absolute atomic E-state index is 13.1. The van der Waals surface area contributed by atoms with Crippen LogP contribution in [0.2, 0.25) is 0 Å². The van der Waals surface area contributed by atoms with Crippen molar-refractivity contribution in [3.63, 3.8) is 0 Å². The lowest BCUT2D eigenvalue weighted by molar-refractivity contribution is -0.192. The number of nitrogens with two attached hydrogens (primary N) is 1. The van der Waals surface area contributed by atoms with E-state index in [1.54, 1.807) is 24.3 Å². The van der Waals surface area contributed by atoms with Gasteiger partial charge in [0, 0.05) is 25.2 Å². The fourth-order valence-electron chi connectivity index (χ4n) is 3.64. The Hall–Kier alpha value is -5.37. The summed E-state index contributed by atoms with van der Waals surface area (Å²) in [5.74, 6) is -3.48. The molecule has 4 rings (SSSR count). The summed E-state index contributed by atoms with van der Waals surface area (Å²) < 4.78 is 48.0. The van der Waals surface area contributed by atoms with E-state index in [9.17, 15) is 27.6 Å². The first-order valence-electron chi connectivity index (χ1n) is 12.3. The van der Waals surface area contributed by atoms with Crippen LogP contribution in [-0.2, 0) is 17.9 Å². The van der Waals surface area contributed by atoms with Gasteiger partial charge in [0.15, 0.2) is 22.7 Å². The van der Waals surface area contributed by atoms with Gasteiger partial charge in [-0.2, -0.15) is 13.2 Å². The van der Waals surface area contributed by atoms with Crippen molar-refractivity contribution in [1.29, 1.82) is 0 Å². The van der Waals surface area contributed by atoms with Crippen LogP contribution in [0, 0.1) is 0 Å². The number of ether oxygens (including phenoxy) is 2. The number of hydrogen-bond donors (Lipinski definition) is 4. The van der Waals surface area contributed by atoms with Crippen LogP contribution in [0.1, 0.15) is 32.0 Å². The van der Waals surface area contributed by atoms with Crippen LogP contribution in [-0.4, -0.2) is 43.3 Å². The molecule has 0 bridgehead atoms. The van der Waals surface area contributed by atoms with Crippen LogP contribution >= 0.6 is 0 Å². The highest BCUT2D eigenvalue weighted by Crippen LogP contribution is 2.34. The van der Waals surface area contributed by atoms with Crippen LogP contribution in [0.25, 0.3) is 11.0 Å². The number of hydrogen-bond acceptors (Lipinski definition) is 8. The fourth-order valence-corrected chi connectivity index (χ4v) is 3.64. The largest absolute Gasteiger partial charge is 0.493 e. The van der Waals surface area contributed by atoms with Gasteiger partial charge in [-0.1, -0.05) is 36.4 Å². The van der Waals surface area contributed by atoms with Crippen molar-refractivity contribution in [2.75, 3.05) is 19.5 Å². The molecule has 4 aromatic rings. The Labute approximate surface area is 242 Å². The monoisotopic (exact) mass is 601 g/mol. The second-order valence-electron chi connectivity index (χ2n) is 8.68. The number of alkyl halides is 3. The molecule has 1 aromatic heterocycles. The number of aliphatic carboxylic acids is 1. The molecule has 0 fully saturated rings. The summed E-state index contributed by atoms with van der Waals surface area (Å²) >= 11 is 0. The number of fused-ring (bicyclic) bond motifs is 1. The Morgan fingerprint density at radius 3 is 2.07 bits per heavy atom. The molecule has 0 saturated heterocycles. The molecule has 0 aliphatic rings. The topological polar surface area (TPSA) is 170 Å². The minimum Gasteiger partial charge on any atom is -0.493 e. The minimum absolute atomic E-state index is 0.141. The third-order valence-electron chi connectivity index (χ3n) is 5.83. The fraction of sp³-hybridized carbons (Fsp3) is 0.172. The van der Waals surface area contributed by atoms with Gasteiger partial charge in [0.1, 0.15) is 5.58 Å². The van der Waals surface area contributed by atoms with E-state index < -0.39 is 24.0 Å². The first-order valence-corrected chi connectivity index (χ1v) is 12.3. The van der Waals surface area contributed by atoms with Crippen LogP contribution in [0.5, 0.6) is 11.5 Å². The number of rotatable bonds is 8. The maximum atomic E-state index is 13.1. The molecule has 226 valence electrons. The predicted octanol–water partition coefficient (Wildman–Crippen LogP) is 4.08. The number of amides is 2. The smallest absolute Gasteiger partial charge is 0.490 e. The van der Waals surface area contributed by atoms with Crippen LogP contribution in [0.3, 0.4) is 0 Å². The number of carboxylic acid groups (broad SMARTS) is 1. The van der Waals surface area contributed by atoms with Crippen LogP contribution in [0.15, 0.2) is 75.9 Å². The van der Waals surface area contributed by atoms with Crippen LogP contribution < -0.4 is 31.3 Å². The molecule has 0 atom stereocenters. The van der Waals surface area contributed by atoms with E-state index in [1.807, 2.05) is 24.3 Å². The standard InChI is InChI=1S/C27H25N3O6.C2HF3O2/c1-34-23-11-19(26(32)29-15-17-9-7-16(14-28)8-10-17)20(12-24(23)35-2)30-27(33)25-13-21(31)18-5-3-4-6-22(18)36-25;3-2(4,5)1(6)7/h3-13H,14-15,28H2,1-2H3,(H,29,32)(H,30,33);(H,6,7). The Morgan fingerprint density at radius 2 is 1.49 bits per heavy atom. The third-order valence-corrected chi connectivity index (χ3v) is 5.83. The second-order valence-corrected chi connectivity index (χ2v) is 8.68. The average Bonchev–Trinajstić information content (AvgIpc) is 2.99. The quantitative estimate of drug-likeness (QED) is 0.232. The van der Waals surface area contributed by atoms with E-state index in [4.69, 9.17) is 29.5 Å². The van der Waals surface area contributed by atoms with E-state index in [0.717, 1.165) is 17.2 Å². The highest BCUT2D eigenvalue weighted by atomic mass is 19.4. The molecular weight excluding hydrogens is 575 g/mol. The summed E-state index contributed by atoms with van der Waals surface area (Å²) in [6.45, 7) is 0.684. The molecule has 1 heterocycles. The number of methoxy groups -OCH3 is 2. The Balaban J connectivity index is 0.000000646. The maximum Gasteiger partial charge on any atom is 0.490 e. The molecule has 0 aliphatic heterocycles. The van der Waals surface area contributed by atoms with E-state index in [1.165, 1.54) is 26.4 Å². The zero-order valence-corrected chi connectivity index (χ0v) is 22.8. The highest BCUT2D eigenvalue weighted by Gasteiger charge is 2.38. The van der Waals surface area contributed by atoms with Gasteiger partial charge in [-0.05, 0) is 29.3 Å². The summed E-state index contributed by atoms with van der Waals surface area (Å²) in [6.07, 6.45) is -5.08. The van der Waals surface area contributed by atoms with Gasteiger partial charge in [-0.3, -0.25) is 14.4 Å². The molecule has 0 spiro atoms. The third kappa shape index (κ3) is 8.33. The molecule has 5 N–H and O–H groups in total. The molecule has 3 aromatic carbocycles. The summed E-state index contributed by atoms with van der Waals surface area (Å²) in [7, 11) is 2.89. The number of para-hydroxylation sites is 1. The first-order chi connectivity index (χ1) is 20.4. The number of halogens is 3. The zero-order chi connectivity index (χ0) is 31.7. The van der Waals surface area contributed by atoms with Gasteiger partial charge in [-0.15, -0.1) is 0 Å². The Morgan fingerprint density at radius 1 is 0.907 bits per heavy atom. The molecule has 0 radical (unpaired) electrons. The number of carbonyl (C=O) groups is 3. The van der Waals surface area contributed by atoms with Crippen molar-refractivity contribution in [2.24, 2.45) is 5.73 Å². The number of carboxylic acids is 1. The van der Waals surface area contributed by atoms with Crippen molar-refractivity contribution in [3.05, 3.63) is 99.4 Å². The zero-order valence-electron chi connectivity index (χ0n) is 22.8. The molecule has 2 amide bonds. The molecule has 0 aliphatic carbocycles. The summed E-state index contributed by atoms with van der Waals surface area (Å²) in [4.78, 5) is 47.5. The van der Waals surface area contributed by atoms with Crippen molar-refractivity contribution in [1.82, 2.24) is 5.32 Å². The van der Waals surface area contributed by atoms with Crippen molar-refractivity contribution in [3.8, 4) is 11.5 Å². The molecular formula is C29H26F3N3O8. The predicted molar refractivity (Wildman–Crippen MR) is 149 cm³/mol. The molecule has 0 saturated carbocycles. The number of benzene rings is 3. The Bertz CT molecular complexity index is 1690. The lowest BCUT2D eigenvalue weighted by Crippen LogP contribution is -2.25. The SMILES string of the molecule is COc1cc(NC(=O)c2cc(=O)c3ccccc3o2)c(C(=O)NCc2ccc(CN)cc2)cc1OC.O=C(O)C(F)(F)F. The van der Waals surface area contributed by atoms with Crippen molar-refractivity contribution < 1.29 is 46.6 Å². The Kier molecular flexibility index (Phi) is 10.5. The van der Waals surface area contributed by atoms with Gasteiger partial charge >= 0.3 is 12.1 Å². The van der Waals surface area contributed by atoms with Crippen molar-refractivity contribution >= 4 is 34.4 Å². The van der Waals surface area contributed by atoms with E-state index in [0.29, 0.717) is 23.4 Å². The lowest BCUT2D eigenvalue weighted by atomic mass is 10.1. The van der Waals surface area contributed by atoms with Gasteiger partial charge in [0.2, 0.25) is 0 Å². The summed E-state index contributed by atoms with van der Waals surface area (Å²) in [5, 5.41) is 13.0. The van der Waals surface area contributed by atoms with Crippen LogP contribution in [0.4, 0.5) is 18.9 Å². The average molecular weight is 602 g/mol. The summed E-state index contributed by atoms with van der Waals surface area (Å²) in [6, 6.07) is 18.2. The van der Waals surface area contributed by atoms with Gasteiger partial charge in [-0.25, -0.2) is 4.79 Å². The van der Waals surface area contributed by atoms with E-state index in [2.05, 4.69) is 10.6 Å². The number of nitrogens with one attached hydrogen (secondary N) is 2. The molecule has 43 heavy (non-hydrogen) atoms.